The van der Waals surface area contributed by atoms with Gasteiger partial charge in [0, 0.05) is 12.1 Å². The van der Waals surface area contributed by atoms with E-state index in [1.54, 1.807) is 7.11 Å². The van der Waals surface area contributed by atoms with Crippen LogP contribution < -0.4 is 10.1 Å². The largest absolute Gasteiger partial charge is 0.481 e. The second-order valence-corrected chi connectivity index (χ2v) is 4.74. The van der Waals surface area contributed by atoms with E-state index in [1.165, 1.54) is 12.8 Å². The molecule has 100 valence electrons. The minimum atomic E-state index is 0.377. The normalized spacial score (nSPS) is 23.9. The Balaban J connectivity index is 1.77. The summed E-state index contributed by atoms with van der Waals surface area (Å²) in [7, 11) is 3.66. The molecule has 0 radical (unpaired) electrons. The zero-order valence-corrected chi connectivity index (χ0v) is 11.2. The topological polar surface area (TPSA) is 43.4 Å². The van der Waals surface area contributed by atoms with Crippen molar-refractivity contribution in [2.45, 2.75) is 44.4 Å². The number of aromatic nitrogens is 1. The summed E-state index contributed by atoms with van der Waals surface area (Å²) in [4.78, 5) is 4.35. The quantitative estimate of drug-likeness (QED) is 0.869. The van der Waals surface area contributed by atoms with Crippen LogP contribution in [0.25, 0.3) is 0 Å². The Kier molecular flexibility index (Phi) is 4.96. The van der Waals surface area contributed by atoms with Gasteiger partial charge < -0.3 is 14.8 Å². The maximum Gasteiger partial charge on any atom is 0.213 e. The molecular weight excluding hydrogens is 228 g/mol. The number of nitrogens with one attached hydrogen (secondary N) is 1. The van der Waals surface area contributed by atoms with E-state index >= 15 is 0 Å². The Hall–Kier alpha value is -1.13. The van der Waals surface area contributed by atoms with Crippen molar-refractivity contribution in [2.24, 2.45) is 0 Å². The van der Waals surface area contributed by atoms with Crippen molar-refractivity contribution in [1.82, 2.24) is 10.3 Å². The molecule has 0 unspecified atom stereocenters. The van der Waals surface area contributed by atoms with E-state index in [9.17, 15) is 0 Å². The van der Waals surface area contributed by atoms with Gasteiger partial charge in [-0.15, -0.1) is 0 Å². The molecule has 0 saturated heterocycles. The molecule has 1 aliphatic rings. The molecule has 1 N–H and O–H groups in total. The minimum Gasteiger partial charge on any atom is -0.481 e. The molecule has 1 fully saturated rings. The summed E-state index contributed by atoms with van der Waals surface area (Å²) in [6, 6.07) is 6.44. The third kappa shape index (κ3) is 3.68. The van der Waals surface area contributed by atoms with Crippen LogP contribution in [-0.4, -0.2) is 31.3 Å². The number of pyridine rings is 1. The van der Waals surface area contributed by atoms with E-state index < -0.39 is 0 Å². The third-order valence-corrected chi connectivity index (χ3v) is 3.54. The second kappa shape index (κ2) is 6.71. The molecule has 0 spiro atoms. The van der Waals surface area contributed by atoms with Gasteiger partial charge >= 0.3 is 0 Å². The molecular formula is C14H22N2O2. The number of ether oxygens (including phenoxy) is 2. The summed E-state index contributed by atoms with van der Waals surface area (Å²) in [6.45, 7) is 0.575. The highest BCUT2D eigenvalue weighted by Gasteiger charge is 2.20. The van der Waals surface area contributed by atoms with E-state index in [0.29, 0.717) is 24.6 Å². The maximum atomic E-state index is 5.92. The van der Waals surface area contributed by atoms with Gasteiger partial charge in [-0.2, -0.15) is 0 Å². The zero-order valence-electron chi connectivity index (χ0n) is 11.2. The van der Waals surface area contributed by atoms with Crippen molar-refractivity contribution < 1.29 is 9.47 Å². The fourth-order valence-electron chi connectivity index (χ4n) is 2.37. The van der Waals surface area contributed by atoms with Crippen LogP contribution in [0.3, 0.4) is 0 Å². The van der Waals surface area contributed by atoms with Crippen LogP contribution in [0.5, 0.6) is 5.88 Å². The predicted octanol–water partition coefficient (Wildman–Crippen LogP) is 2.14. The highest BCUT2D eigenvalue weighted by Crippen LogP contribution is 2.22. The van der Waals surface area contributed by atoms with E-state index in [2.05, 4.69) is 10.3 Å². The van der Waals surface area contributed by atoms with Gasteiger partial charge in [0.2, 0.25) is 5.88 Å². The SMILES string of the molecule is CNC1CCC(OCc2cccc(OC)n2)CC1. The molecule has 4 heteroatoms. The monoisotopic (exact) mass is 250 g/mol. The second-order valence-electron chi connectivity index (χ2n) is 4.74. The van der Waals surface area contributed by atoms with Crippen molar-refractivity contribution in [3.8, 4) is 5.88 Å². The Bertz CT molecular complexity index is 363. The van der Waals surface area contributed by atoms with E-state index in [4.69, 9.17) is 9.47 Å². The lowest BCUT2D eigenvalue weighted by Gasteiger charge is -2.28. The molecule has 1 heterocycles. The molecule has 1 aromatic heterocycles. The van der Waals surface area contributed by atoms with Crippen molar-refractivity contribution in [3.63, 3.8) is 0 Å². The molecule has 18 heavy (non-hydrogen) atoms. The summed E-state index contributed by atoms with van der Waals surface area (Å²) in [5.74, 6) is 0.648. The van der Waals surface area contributed by atoms with Gasteiger partial charge in [-0.05, 0) is 38.8 Å². The first-order valence-corrected chi connectivity index (χ1v) is 6.60. The molecule has 2 rings (SSSR count). The fraction of sp³-hybridized carbons (Fsp3) is 0.643. The maximum absolute atomic E-state index is 5.92. The molecule has 0 amide bonds. The van der Waals surface area contributed by atoms with Crippen LogP contribution in [-0.2, 0) is 11.3 Å². The summed E-state index contributed by atoms with van der Waals surface area (Å²) in [5.41, 5.74) is 0.935. The first-order chi connectivity index (χ1) is 8.81. The van der Waals surface area contributed by atoms with E-state index in [-0.39, 0.29) is 0 Å². The molecule has 1 aliphatic carbocycles. The Labute approximate surface area is 109 Å². The van der Waals surface area contributed by atoms with Crippen molar-refractivity contribution in [1.29, 1.82) is 0 Å². The van der Waals surface area contributed by atoms with Crippen molar-refractivity contribution >= 4 is 0 Å². The van der Waals surface area contributed by atoms with Crippen LogP contribution in [0.4, 0.5) is 0 Å². The molecule has 1 saturated carbocycles. The van der Waals surface area contributed by atoms with Gasteiger partial charge in [-0.25, -0.2) is 4.98 Å². The summed E-state index contributed by atoms with van der Waals surface area (Å²) in [5, 5.41) is 3.33. The zero-order chi connectivity index (χ0) is 12.8. The van der Waals surface area contributed by atoms with Gasteiger partial charge in [-0.3, -0.25) is 0 Å². The van der Waals surface area contributed by atoms with Crippen molar-refractivity contribution in [2.75, 3.05) is 14.2 Å². The van der Waals surface area contributed by atoms with Crippen LogP contribution in [0.1, 0.15) is 31.4 Å². The van der Waals surface area contributed by atoms with E-state index in [1.807, 2.05) is 25.2 Å². The Morgan fingerprint density at radius 3 is 2.72 bits per heavy atom. The van der Waals surface area contributed by atoms with Crippen LogP contribution in [0.2, 0.25) is 0 Å². The smallest absolute Gasteiger partial charge is 0.213 e. The van der Waals surface area contributed by atoms with Crippen LogP contribution in [0.15, 0.2) is 18.2 Å². The Morgan fingerprint density at radius 1 is 1.28 bits per heavy atom. The highest BCUT2D eigenvalue weighted by atomic mass is 16.5. The van der Waals surface area contributed by atoms with Gasteiger partial charge in [0.05, 0.1) is 25.5 Å². The van der Waals surface area contributed by atoms with Crippen molar-refractivity contribution in [3.05, 3.63) is 23.9 Å². The lowest BCUT2D eigenvalue weighted by Crippen LogP contribution is -2.32. The number of hydrogen-bond donors (Lipinski definition) is 1. The first kappa shape index (κ1) is 13.3. The number of methoxy groups -OCH3 is 1. The predicted molar refractivity (Wildman–Crippen MR) is 70.7 cm³/mol. The molecule has 0 atom stereocenters. The van der Waals surface area contributed by atoms with Crippen LogP contribution >= 0.6 is 0 Å². The summed E-state index contributed by atoms with van der Waals surface area (Å²) < 4.78 is 11.0. The average Bonchev–Trinajstić information content (AvgIpc) is 2.46. The minimum absolute atomic E-state index is 0.377. The van der Waals surface area contributed by atoms with Gasteiger partial charge in [0.15, 0.2) is 0 Å². The third-order valence-electron chi connectivity index (χ3n) is 3.54. The fourth-order valence-corrected chi connectivity index (χ4v) is 2.37. The first-order valence-electron chi connectivity index (χ1n) is 6.60. The molecule has 1 aromatic rings. The number of hydrogen-bond acceptors (Lipinski definition) is 4. The lowest BCUT2D eigenvalue weighted by molar-refractivity contribution is 0.0101. The molecule has 0 aliphatic heterocycles. The van der Waals surface area contributed by atoms with E-state index in [0.717, 1.165) is 18.5 Å². The van der Waals surface area contributed by atoms with Gasteiger partial charge in [0.25, 0.3) is 0 Å². The average molecular weight is 250 g/mol. The summed E-state index contributed by atoms with van der Waals surface area (Å²) in [6.07, 6.45) is 5.05. The van der Waals surface area contributed by atoms with Gasteiger partial charge in [0.1, 0.15) is 0 Å². The highest BCUT2D eigenvalue weighted by molar-refractivity contribution is 5.15. The van der Waals surface area contributed by atoms with Gasteiger partial charge in [-0.1, -0.05) is 6.07 Å². The molecule has 0 aromatic carbocycles. The standard InChI is InChI=1S/C14H22N2O2/c1-15-11-6-8-13(9-7-11)18-10-12-4-3-5-14(16-12)17-2/h3-5,11,13,15H,6-10H2,1-2H3. The lowest BCUT2D eigenvalue weighted by atomic mass is 9.93. The number of nitrogens with zero attached hydrogens (tertiary/aromatic N) is 1. The Morgan fingerprint density at radius 2 is 2.06 bits per heavy atom. The molecule has 0 bridgehead atoms. The van der Waals surface area contributed by atoms with Crippen LogP contribution in [0, 0.1) is 0 Å². The summed E-state index contributed by atoms with van der Waals surface area (Å²) >= 11 is 0. The number of rotatable bonds is 5. The molecule has 4 nitrogen and oxygen atoms in total.